The average Bonchev–Trinajstić information content (AvgIpc) is 2.44. The maximum Gasteiger partial charge on any atom is 3.00 e. The van der Waals surface area contributed by atoms with E-state index in [2.05, 4.69) is 65.8 Å². The van der Waals surface area contributed by atoms with E-state index in [1.807, 2.05) is 10.2 Å². The molecule has 1 aromatic rings. The molecule has 24 heavy (non-hydrogen) atoms. The molecule has 0 saturated heterocycles. The van der Waals surface area contributed by atoms with Crippen LogP contribution in [0.3, 0.4) is 0 Å². The SMILES string of the molecule is CC1=[C-]C(C)C(C)=C1C.Cc1cc(C)cc([SiH2])c1.Cl.Cl.Cl.[CH3-].[CH3-].[Ti+3]. The minimum Gasteiger partial charge on any atom is -0.358 e. The van der Waals surface area contributed by atoms with Gasteiger partial charge in [0.1, 0.15) is 0 Å². The zero-order valence-electron chi connectivity index (χ0n) is 16.2. The molecule has 1 unspecified atom stereocenters. The van der Waals surface area contributed by atoms with Crippen molar-refractivity contribution in [3.05, 3.63) is 67.0 Å². The summed E-state index contributed by atoms with van der Waals surface area (Å²) in [5, 5.41) is 1.38. The number of rotatable bonds is 0. The number of benzene rings is 1. The third-order valence-electron chi connectivity index (χ3n) is 3.52. The molecule has 0 saturated carbocycles. The third kappa shape index (κ3) is 12.8. The van der Waals surface area contributed by atoms with Crippen molar-refractivity contribution < 1.29 is 21.7 Å². The van der Waals surface area contributed by atoms with Gasteiger partial charge in [-0.2, -0.15) is 11.1 Å². The van der Waals surface area contributed by atoms with Crippen molar-refractivity contribution in [3.63, 3.8) is 0 Å². The Kier molecular flexibility index (Phi) is 30.1. The monoisotopic (exact) mass is 442 g/mol. The molecule has 0 N–H and O–H groups in total. The minimum atomic E-state index is 0. The second-order valence-corrected chi connectivity index (χ2v) is 6.11. The fourth-order valence-corrected chi connectivity index (χ4v) is 2.87. The fourth-order valence-electron chi connectivity index (χ4n) is 2.23. The number of halogens is 3. The molecule has 0 bridgehead atoms. The van der Waals surface area contributed by atoms with Gasteiger partial charge in [-0.15, -0.1) is 44.1 Å². The normalized spacial score (nSPS) is 13.8. The smallest absolute Gasteiger partial charge is 0.358 e. The molecular formula is C19H33Cl3SiTi. The van der Waals surface area contributed by atoms with Gasteiger partial charge in [0.05, 0.1) is 0 Å². The first kappa shape index (κ1) is 39.5. The third-order valence-corrected chi connectivity index (χ3v) is 3.93. The van der Waals surface area contributed by atoms with Gasteiger partial charge in [0.25, 0.3) is 0 Å². The van der Waals surface area contributed by atoms with Crippen LogP contribution in [0, 0.1) is 40.7 Å². The Balaban J connectivity index is -0.0000000540. The predicted molar refractivity (Wildman–Crippen MR) is 119 cm³/mol. The summed E-state index contributed by atoms with van der Waals surface area (Å²) in [5.74, 6) is 0.560. The van der Waals surface area contributed by atoms with Crippen molar-refractivity contribution in [2.75, 3.05) is 0 Å². The zero-order valence-corrected chi connectivity index (χ0v) is 21.7. The van der Waals surface area contributed by atoms with Crippen LogP contribution < -0.4 is 5.19 Å². The van der Waals surface area contributed by atoms with E-state index in [9.17, 15) is 0 Å². The van der Waals surface area contributed by atoms with Crippen molar-refractivity contribution in [2.45, 2.75) is 41.5 Å². The zero-order chi connectivity index (χ0) is 13.9. The first-order chi connectivity index (χ1) is 8.31. The predicted octanol–water partition coefficient (Wildman–Crippen LogP) is 5.45. The largest absolute Gasteiger partial charge is 3.00 e. The summed E-state index contributed by atoms with van der Waals surface area (Å²) < 4.78 is 0. The van der Waals surface area contributed by atoms with Gasteiger partial charge in [0.15, 0.2) is 0 Å². The van der Waals surface area contributed by atoms with E-state index in [4.69, 9.17) is 0 Å². The Morgan fingerprint density at radius 1 is 0.833 bits per heavy atom. The molecule has 0 amide bonds. The molecule has 0 aliphatic heterocycles. The molecule has 5 heteroatoms. The van der Waals surface area contributed by atoms with Crippen molar-refractivity contribution in [1.29, 1.82) is 0 Å². The maximum absolute atomic E-state index is 3.36. The summed E-state index contributed by atoms with van der Waals surface area (Å²) in [6, 6.07) is 6.59. The summed E-state index contributed by atoms with van der Waals surface area (Å²) in [6.45, 7) is 12.9. The molecule has 2 rings (SSSR count). The molecule has 0 spiro atoms. The standard InChI is InChI=1S/C9H13.C8H11Si.2CH3.3ClH.Ti/c1-6-5-7(2)9(4)8(6)3;1-6-3-7(2)5-8(9)4-6;;;;;;/h6H,1-4H3;3-5H,9H2,1-2H3;2*1H3;3*1H;/q-1;;2*-1;;;;+3. The minimum absolute atomic E-state index is 0. The van der Waals surface area contributed by atoms with E-state index >= 15 is 0 Å². The van der Waals surface area contributed by atoms with Crippen LogP contribution in [-0.2, 0) is 21.7 Å². The van der Waals surface area contributed by atoms with E-state index in [1.165, 1.54) is 33.0 Å². The van der Waals surface area contributed by atoms with E-state index in [0.717, 1.165) is 0 Å². The molecule has 1 atom stereocenters. The number of hydrogen-bond donors (Lipinski definition) is 0. The molecule has 2 radical (unpaired) electrons. The van der Waals surface area contributed by atoms with E-state index in [0.29, 0.717) is 5.92 Å². The molecule has 0 fully saturated rings. The Labute approximate surface area is 187 Å². The summed E-state index contributed by atoms with van der Waals surface area (Å²) in [7, 11) is 1.93. The van der Waals surface area contributed by atoms with Crippen LogP contribution in [0.25, 0.3) is 0 Å². The molecule has 0 heterocycles. The summed E-state index contributed by atoms with van der Waals surface area (Å²) in [4.78, 5) is 0. The maximum atomic E-state index is 3.36. The van der Waals surface area contributed by atoms with Crippen molar-refractivity contribution in [1.82, 2.24) is 0 Å². The molecule has 138 valence electrons. The van der Waals surface area contributed by atoms with Gasteiger partial charge in [0, 0.05) is 10.2 Å². The van der Waals surface area contributed by atoms with Gasteiger partial charge in [-0.25, -0.2) is 5.57 Å². The number of aryl methyl sites for hydroxylation is 2. The van der Waals surface area contributed by atoms with Crippen molar-refractivity contribution >= 4 is 52.7 Å². The van der Waals surface area contributed by atoms with Crippen LogP contribution in [-0.4, -0.2) is 10.2 Å². The second-order valence-electron chi connectivity index (χ2n) is 5.29. The number of hydrogen-bond acceptors (Lipinski definition) is 0. The Morgan fingerprint density at radius 2 is 1.21 bits per heavy atom. The molecule has 0 aromatic heterocycles. The molecule has 1 aliphatic rings. The van der Waals surface area contributed by atoms with Crippen LogP contribution >= 0.6 is 37.2 Å². The molecule has 1 aliphatic carbocycles. The summed E-state index contributed by atoms with van der Waals surface area (Å²) in [5.41, 5.74) is 6.97. The Hall–Kier alpha value is 0.501. The first-order valence-electron chi connectivity index (χ1n) is 6.49. The van der Waals surface area contributed by atoms with Gasteiger partial charge in [-0.05, 0) is 13.8 Å². The Bertz CT molecular complexity index is 461. The van der Waals surface area contributed by atoms with Gasteiger partial charge in [-0.3, -0.25) is 6.08 Å². The second kappa shape index (κ2) is 18.3. The topological polar surface area (TPSA) is 0 Å². The van der Waals surface area contributed by atoms with Gasteiger partial charge >= 0.3 is 21.7 Å². The van der Waals surface area contributed by atoms with Crippen molar-refractivity contribution in [2.24, 2.45) is 5.92 Å². The van der Waals surface area contributed by atoms with Crippen LogP contribution in [0.15, 0.2) is 34.9 Å². The van der Waals surface area contributed by atoms with Crippen molar-refractivity contribution in [3.8, 4) is 0 Å². The Morgan fingerprint density at radius 3 is 1.38 bits per heavy atom. The van der Waals surface area contributed by atoms with Crippen LogP contribution in [0.1, 0.15) is 38.8 Å². The van der Waals surface area contributed by atoms with E-state index < -0.39 is 0 Å². The molecule has 0 nitrogen and oxygen atoms in total. The van der Waals surface area contributed by atoms with Gasteiger partial charge in [-0.1, -0.05) is 61.2 Å². The quantitative estimate of drug-likeness (QED) is 0.369. The van der Waals surface area contributed by atoms with Gasteiger partial charge < -0.3 is 14.9 Å². The van der Waals surface area contributed by atoms with Crippen LogP contribution in [0.5, 0.6) is 0 Å². The van der Waals surface area contributed by atoms with Crippen LogP contribution in [0.2, 0.25) is 0 Å². The summed E-state index contributed by atoms with van der Waals surface area (Å²) >= 11 is 0. The average molecular weight is 444 g/mol. The first-order valence-corrected chi connectivity index (χ1v) is 7.20. The number of allylic oxidation sites excluding steroid dienone is 4. The molecule has 1 aromatic carbocycles. The van der Waals surface area contributed by atoms with E-state index in [1.54, 1.807) is 0 Å². The summed E-state index contributed by atoms with van der Waals surface area (Å²) in [6.07, 6.45) is 3.36. The molecular weight excluding hydrogens is 411 g/mol. The van der Waals surface area contributed by atoms with Crippen LogP contribution in [0.4, 0.5) is 0 Å². The van der Waals surface area contributed by atoms with E-state index in [-0.39, 0.29) is 73.8 Å². The fraction of sp³-hybridized carbons (Fsp3) is 0.368. The van der Waals surface area contributed by atoms with Gasteiger partial charge in [0.2, 0.25) is 0 Å².